The zero-order chi connectivity index (χ0) is 13.2. The molecule has 96 valence electrons. The van der Waals surface area contributed by atoms with Crippen molar-refractivity contribution in [1.82, 2.24) is 19.7 Å². The molecule has 0 bridgehead atoms. The highest BCUT2D eigenvalue weighted by Crippen LogP contribution is 2.24. The second-order valence-electron chi connectivity index (χ2n) is 4.29. The molecule has 3 rings (SSSR count). The van der Waals surface area contributed by atoms with Gasteiger partial charge in [-0.3, -0.25) is 9.67 Å². The van der Waals surface area contributed by atoms with Gasteiger partial charge in [0.25, 0.3) is 0 Å². The van der Waals surface area contributed by atoms with Crippen molar-refractivity contribution in [3.63, 3.8) is 0 Å². The predicted octanol–water partition coefficient (Wildman–Crippen LogP) is 2.18. The van der Waals surface area contributed by atoms with Crippen LogP contribution >= 0.6 is 0 Å². The summed E-state index contributed by atoms with van der Waals surface area (Å²) in [5.41, 5.74) is 1.86. The monoisotopic (exact) mass is 254 g/mol. The Balaban J connectivity index is 2.16. The Morgan fingerprint density at radius 2 is 2.05 bits per heavy atom. The van der Waals surface area contributed by atoms with Gasteiger partial charge in [-0.1, -0.05) is 18.2 Å². The number of fused-ring (bicyclic) bond motifs is 1. The first-order valence-electron chi connectivity index (χ1n) is 6.02. The van der Waals surface area contributed by atoms with Gasteiger partial charge in [-0.25, -0.2) is 4.98 Å². The lowest BCUT2D eigenvalue weighted by atomic mass is 10.1. The predicted molar refractivity (Wildman–Crippen MR) is 72.5 cm³/mol. The maximum Gasteiger partial charge on any atom is 0.183 e. The summed E-state index contributed by atoms with van der Waals surface area (Å²) in [7, 11) is 3.51. The van der Waals surface area contributed by atoms with Gasteiger partial charge < -0.3 is 4.74 Å². The SMILES string of the molecule is COCc1nc(-c2cccc3cccnc23)nn1C. The summed E-state index contributed by atoms with van der Waals surface area (Å²) in [5.74, 6) is 1.48. The van der Waals surface area contributed by atoms with Gasteiger partial charge in [-0.2, -0.15) is 5.10 Å². The van der Waals surface area contributed by atoms with Crippen LogP contribution in [0.1, 0.15) is 5.82 Å². The highest BCUT2D eigenvalue weighted by molar-refractivity contribution is 5.91. The van der Waals surface area contributed by atoms with Crippen molar-refractivity contribution in [3.8, 4) is 11.4 Å². The maximum absolute atomic E-state index is 5.11. The summed E-state index contributed by atoms with van der Waals surface area (Å²) in [5, 5.41) is 5.52. The molecule has 1 aromatic carbocycles. The first-order chi connectivity index (χ1) is 9.29. The number of aryl methyl sites for hydroxylation is 1. The molecule has 0 saturated heterocycles. The molecule has 2 aromatic heterocycles. The van der Waals surface area contributed by atoms with E-state index < -0.39 is 0 Å². The minimum absolute atomic E-state index is 0.446. The first-order valence-corrected chi connectivity index (χ1v) is 6.02. The minimum Gasteiger partial charge on any atom is -0.377 e. The largest absolute Gasteiger partial charge is 0.377 e. The van der Waals surface area contributed by atoms with E-state index in [1.54, 1.807) is 18.0 Å². The number of methoxy groups -OCH3 is 1. The number of para-hydroxylation sites is 1. The lowest BCUT2D eigenvalue weighted by Gasteiger charge is -2.00. The molecule has 0 saturated carbocycles. The van der Waals surface area contributed by atoms with Crippen LogP contribution in [-0.4, -0.2) is 26.9 Å². The molecular formula is C14H14N4O. The molecule has 0 fully saturated rings. The topological polar surface area (TPSA) is 52.8 Å². The van der Waals surface area contributed by atoms with E-state index >= 15 is 0 Å². The maximum atomic E-state index is 5.11. The molecule has 0 atom stereocenters. The van der Waals surface area contributed by atoms with Crippen LogP contribution in [0.15, 0.2) is 36.5 Å². The van der Waals surface area contributed by atoms with E-state index in [0.29, 0.717) is 12.4 Å². The second kappa shape index (κ2) is 4.78. The van der Waals surface area contributed by atoms with Crippen molar-refractivity contribution in [2.45, 2.75) is 6.61 Å². The van der Waals surface area contributed by atoms with Crippen LogP contribution in [-0.2, 0) is 18.4 Å². The molecule has 0 aliphatic carbocycles. The second-order valence-corrected chi connectivity index (χ2v) is 4.29. The molecule has 0 aliphatic heterocycles. The van der Waals surface area contributed by atoms with E-state index in [-0.39, 0.29) is 0 Å². The van der Waals surface area contributed by atoms with E-state index in [1.807, 2.05) is 37.4 Å². The number of ether oxygens (including phenoxy) is 1. The fourth-order valence-corrected chi connectivity index (χ4v) is 2.07. The smallest absolute Gasteiger partial charge is 0.183 e. The molecule has 5 nitrogen and oxygen atoms in total. The number of aromatic nitrogens is 4. The third-order valence-corrected chi connectivity index (χ3v) is 3.00. The molecule has 19 heavy (non-hydrogen) atoms. The molecule has 2 heterocycles. The quantitative estimate of drug-likeness (QED) is 0.719. The molecule has 0 spiro atoms. The van der Waals surface area contributed by atoms with Crippen LogP contribution in [0.2, 0.25) is 0 Å². The molecule has 5 heteroatoms. The van der Waals surface area contributed by atoms with Gasteiger partial charge in [0.15, 0.2) is 11.6 Å². The highest BCUT2D eigenvalue weighted by Gasteiger charge is 2.12. The fourth-order valence-electron chi connectivity index (χ4n) is 2.07. The van der Waals surface area contributed by atoms with Crippen LogP contribution in [0, 0.1) is 0 Å². The number of benzene rings is 1. The van der Waals surface area contributed by atoms with Crippen LogP contribution in [0.5, 0.6) is 0 Å². The zero-order valence-corrected chi connectivity index (χ0v) is 10.9. The first kappa shape index (κ1) is 11.8. The molecular weight excluding hydrogens is 240 g/mol. The number of rotatable bonds is 3. The Morgan fingerprint density at radius 3 is 2.89 bits per heavy atom. The van der Waals surface area contributed by atoms with E-state index in [1.165, 1.54) is 0 Å². The van der Waals surface area contributed by atoms with Gasteiger partial charge >= 0.3 is 0 Å². The lowest BCUT2D eigenvalue weighted by molar-refractivity contribution is 0.174. The summed E-state index contributed by atoms with van der Waals surface area (Å²) < 4.78 is 6.84. The number of hydrogen-bond acceptors (Lipinski definition) is 4. The van der Waals surface area contributed by atoms with Crippen molar-refractivity contribution in [2.75, 3.05) is 7.11 Å². The molecule has 0 amide bonds. The van der Waals surface area contributed by atoms with Crippen molar-refractivity contribution < 1.29 is 4.74 Å². The third kappa shape index (κ3) is 2.08. The molecule has 0 aliphatic rings. The van der Waals surface area contributed by atoms with Gasteiger partial charge in [-0.15, -0.1) is 0 Å². The van der Waals surface area contributed by atoms with E-state index in [2.05, 4.69) is 15.1 Å². The van der Waals surface area contributed by atoms with Crippen LogP contribution in [0.25, 0.3) is 22.3 Å². The Kier molecular flexibility index (Phi) is 2.97. The summed E-state index contributed by atoms with van der Waals surface area (Å²) in [4.78, 5) is 8.93. The normalized spacial score (nSPS) is 11.1. The standard InChI is InChI=1S/C14H14N4O/c1-18-12(9-19-2)16-14(17-18)11-7-3-5-10-6-4-8-15-13(10)11/h3-8H,9H2,1-2H3. The van der Waals surface area contributed by atoms with E-state index in [9.17, 15) is 0 Å². The summed E-state index contributed by atoms with van der Waals surface area (Å²) in [6.45, 7) is 0.446. The average molecular weight is 254 g/mol. The molecule has 0 radical (unpaired) electrons. The molecule has 0 N–H and O–H groups in total. The molecule has 0 unspecified atom stereocenters. The van der Waals surface area contributed by atoms with Gasteiger partial charge in [0.05, 0.1) is 5.52 Å². The average Bonchev–Trinajstić information content (AvgIpc) is 2.80. The number of pyridine rings is 1. The Bertz CT molecular complexity index is 715. The number of nitrogens with zero attached hydrogens (tertiary/aromatic N) is 4. The van der Waals surface area contributed by atoms with Gasteiger partial charge in [0.1, 0.15) is 6.61 Å². The van der Waals surface area contributed by atoms with E-state index in [4.69, 9.17) is 4.74 Å². The number of hydrogen-bond donors (Lipinski definition) is 0. The third-order valence-electron chi connectivity index (χ3n) is 3.00. The van der Waals surface area contributed by atoms with Crippen LogP contribution in [0.3, 0.4) is 0 Å². The fraction of sp³-hybridized carbons (Fsp3) is 0.214. The van der Waals surface area contributed by atoms with Crippen molar-refractivity contribution in [3.05, 3.63) is 42.4 Å². The molecule has 3 aromatic rings. The van der Waals surface area contributed by atoms with Crippen molar-refractivity contribution >= 4 is 10.9 Å². The zero-order valence-electron chi connectivity index (χ0n) is 10.9. The Hall–Kier alpha value is -2.27. The van der Waals surface area contributed by atoms with Gasteiger partial charge in [0, 0.05) is 31.3 Å². The Labute approximate surface area is 110 Å². The summed E-state index contributed by atoms with van der Waals surface area (Å²) >= 11 is 0. The van der Waals surface area contributed by atoms with Gasteiger partial charge in [0.2, 0.25) is 0 Å². The highest BCUT2D eigenvalue weighted by atomic mass is 16.5. The Morgan fingerprint density at radius 1 is 1.21 bits per heavy atom. The van der Waals surface area contributed by atoms with Crippen molar-refractivity contribution in [1.29, 1.82) is 0 Å². The summed E-state index contributed by atoms with van der Waals surface area (Å²) in [6.07, 6.45) is 1.78. The van der Waals surface area contributed by atoms with Crippen LogP contribution < -0.4 is 0 Å². The van der Waals surface area contributed by atoms with Crippen LogP contribution in [0.4, 0.5) is 0 Å². The van der Waals surface area contributed by atoms with Crippen molar-refractivity contribution in [2.24, 2.45) is 7.05 Å². The lowest BCUT2D eigenvalue weighted by Crippen LogP contribution is -2.00. The van der Waals surface area contributed by atoms with E-state index in [0.717, 1.165) is 22.3 Å². The minimum atomic E-state index is 0.446. The van der Waals surface area contributed by atoms with Gasteiger partial charge in [-0.05, 0) is 12.1 Å². The summed E-state index contributed by atoms with van der Waals surface area (Å²) in [6, 6.07) is 9.97.